The summed E-state index contributed by atoms with van der Waals surface area (Å²) in [7, 11) is 0. The molecule has 0 saturated heterocycles. The highest BCUT2D eigenvalue weighted by Crippen LogP contribution is 2.32. The van der Waals surface area contributed by atoms with Gasteiger partial charge in [0.1, 0.15) is 0 Å². The van der Waals surface area contributed by atoms with Gasteiger partial charge in [-0.1, -0.05) is 64.7 Å². The van der Waals surface area contributed by atoms with Crippen molar-refractivity contribution in [1.82, 2.24) is 0 Å². The van der Waals surface area contributed by atoms with Gasteiger partial charge in [-0.15, -0.1) is 0 Å². The van der Waals surface area contributed by atoms with Gasteiger partial charge in [-0.3, -0.25) is 0 Å². The topological polar surface area (TPSA) is 33.0 Å². The van der Waals surface area contributed by atoms with Gasteiger partial charge in [0.2, 0.25) is 0 Å². The molecule has 1 saturated carbocycles. The second kappa shape index (κ2) is 11.1. The highest BCUT2D eigenvalue weighted by molar-refractivity contribution is 5.35. The van der Waals surface area contributed by atoms with E-state index in [0.29, 0.717) is 18.1 Å². The quantitative estimate of drug-likeness (QED) is 0.446. The molecule has 0 aliphatic heterocycles. The van der Waals surface area contributed by atoms with E-state index in [-0.39, 0.29) is 5.75 Å². The lowest BCUT2D eigenvalue weighted by Crippen LogP contribution is -2.20. The molecule has 25 heavy (non-hydrogen) atoms. The standard InChI is InChI=1S/C22H32FNO/c1-2-3-4-5-6-7-8-18-9-11-19(12-10-18)17-25-22-14-13-20(16-24)15-21(22)23/h13-15,18-19H,2-12,17H2,1H3. The largest absolute Gasteiger partial charge is 0.490 e. The molecule has 1 aromatic rings. The summed E-state index contributed by atoms with van der Waals surface area (Å²) in [6.07, 6.45) is 14.6. The predicted octanol–water partition coefficient (Wildman–Crippen LogP) is 6.63. The van der Waals surface area contributed by atoms with Gasteiger partial charge in [-0.05, 0) is 42.9 Å². The van der Waals surface area contributed by atoms with E-state index in [9.17, 15) is 4.39 Å². The van der Waals surface area contributed by atoms with Crippen molar-refractivity contribution < 1.29 is 9.13 Å². The summed E-state index contributed by atoms with van der Waals surface area (Å²) < 4.78 is 19.5. The Hall–Kier alpha value is -1.56. The third-order valence-electron chi connectivity index (χ3n) is 5.47. The van der Waals surface area contributed by atoms with E-state index in [1.807, 2.05) is 6.07 Å². The lowest BCUT2D eigenvalue weighted by atomic mass is 9.80. The van der Waals surface area contributed by atoms with E-state index in [4.69, 9.17) is 10.00 Å². The lowest BCUT2D eigenvalue weighted by molar-refractivity contribution is 0.173. The summed E-state index contributed by atoms with van der Waals surface area (Å²) in [5.74, 6) is 1.26. The Morgan fingerprint density at radius 3 is 2.40 bits per heavy atom. The first-order valence-corrected chi connectivity index (χ1v) is 10.1. The lowest BCUT2D eigenvalue weighted by Gasteiger charge is -2.28. The van der Waals surface area contributed by atoms with Crippen molar-refractivity contribution in [3.05, 3.63) is 29.6 Å². The Balaban J connectivity index is 1.60. The van der Waals surface area contributed by atoms with Crippen LogP contribution in [0.5, 0.6) is 5.75 Å². The first kappa shape index (κ1) is 19.8. The van der Waals surface area contributed by atoms with E-state index in [0.717, 1.165) is 5.92 Å². The highest BCUT2D eigenvalue weighted by Gasteiger charge is 2.21. The minimum atomic E-state index is -0.434. The third-order valence-corrected chi connectivity index (χ3v) is 5.47. The van der Waals surface area contributed by atoms with Crippen LogP contribution in [0.3, 0.4) is 0 Å². The first-order chi connectivity index (χ1) is 12.2. The van der Waals surface area contributed by atoms with Gasteiger partial charge in [0.05, 0.1) is 18.2 Å². The Bertz CT molecular complexity index is 543. The van der Waals surface area contributed by atoms with Crippen molar-refractivity contribution in [3.8, 4) is 11.8 Å². The molecule has 0 N–H and O–H groups in total. The molecule has 0 unspecified atom stereocenters. The maximum atomic E-state index is 13.8. The zero-order chi connectivity index (χ0) is 17.9. The van der Waals surface area contributed by atoms with Gasteiger partial charge < -0.3 is 4.74 Å². The molecular weight excluding hydrogens is 313 g/mol. The van der Waals surface area contributed by atoms with Crippen LogP contribution in [-0.2, 0) is 0 Å². The zero-order valence-electron chi connectivity index (χ0n) is 15.6. The summed E-state index contributed by atoms with van der Waals surface area (Å²) in [5.41, 5.74) is 0.333. The van der Waals surface area contributed by atoms with Gasteiger partial charge >= 0.3 is 0 Å². The molecular formula is C22H32FNO. The molecule has 0 heterocycles. The maximum absolute atomic E-state index is 13.8. The molecule has 1 fully saturated rings. The van der Waals surface area contributed by atoms with Crippen LogP contribution < -0.4 is 4.74 Å². The van der Waals surface area contributed by atoms with Crippen LogP contribution in [0.2, 0.25) is 0 Å². The number of hydrogen-bond donors (Lipinski definition) is 0. The first-order valence-electron chi connectivity index (χ1n) is 10.1. The number of nitriles is 1. The number of nitrogens with zero attached hydrogens (tertiary/aromatic N) is 1. The van der Waals surface area contributed by atoms with E-state index >= 15 is 0 Å². The number of benzene rings is 1. The average Bonchev–Trinajstić information content (AvgIpc) is 2.64. The number of halogens is 1. The van der Waals surface area contributed by atoms with Crippen LogP contribution >= 0.6 is 0 Å². The molecule has 0 spiro atoms. The molecule has 0 amide bonds. The van der Waals surface area contributed by atoms with Gasteiger partial charge in [0.25, 0.3) is 0 Å². The van der Waals surface area contributed by atoms with Crippen molar-refractivity contribution in [2.45, 2.75) is 77.6 Å². The van der Waals surface area contributed by atoms with Crippen molar-refractivity contribution in [2.24, 2.45) is 11.8 Å². The summed E-state index contributed by atoms with van der Waals surface area (Å²) >= 11 is 0. The van der Waals surface area contributed by atoms with Crippen LogP contribution in [0.4, 0.5) is 4.39 Å². The molecule has 1 aliphatic rings. The Morgan fingerprint density at radius 1 is 1.04 bits per heavy atom. The summed E-state index contributed by atoms with van der Waals surface area (Å²) in [6, 6.07) is 6.36. The minimum Gasteiger partial charge on any atom is -0.490 e. The van der Waals surface area contributed by atoms with Crippen LogP contribution in [0, 0.1) is 29.0 Å². The van der Waals surface area contributed by atoms with Crippen molar-refractivity contribution in [3.63, 3.8) is 0 Å². The van der Waals surface area contributed by atoms with E-state index < -0.39 is 5.82 Å². The van der Waals surface area contributed by atoms with Crippen LogP contribution in [0.1, 0.15) is 83.1 Å². The van der Waals surface area contributed by atoms with Gasteiger partial charge in [0.15, 0.2) is 11.6 Å². The fourth-order valence-corrected chi connectivity index (χ4v) is 3.80. The van der Waals surface area contributed by atoms with Gasteiger partial charge in [0, 0.05) is 0 Å². The van der Waals surface area contributed by atoms with E-state index in [1.165, 1.54) is 76.7 Å². The van der Waals surface area contributed by atoms with E-state index in [2.05, 4.69) is 6.92 Å². The molecule has 0 atom stereocenters. The van der Waals surface area contributed by atoms with Crippen molar-refractivity contribution >= 4 is 0 Å². The molecule has 2 nitrogen and oxygen atoms in total. The Labute approximate surface area is 152 Å². The van der Waals surface area contributed by atoms with Crippen molar-refractivity contribution in [2.75, 3.05) is 6.61 Å². The summed E-state index contributed by atoms with van der Waals surface area (Å²) in [5, 5.41) is 8.77. The maximum Gasteiger partial charge on any atom is 0.166 e. The normalized spacial score (nSPS) is 20.2. The fraction of sp³-hybridized carbons (Fsp3) is 0.682. The molecule has 1 aliphatic carbocycles. The van der Waals surface area contributed by atoms with Crippen LogP contribution in [-0.4, -0.2) is 6.61 Å². The number of unbranched alkanes of at least 4 members (excludes halogenated alkanes) is 5. The smallest absolute Gasteiger partial charge is 0.166 e. The van der Waals surface area contributed by atoms with E-state index in [1.54, 1.807) is 12.1 Å². The predicted molar refractivity (Wildman–Crippen MR) is 100 cm³/mol. The van der Waals surface area contributed by atoms with Crippen LogP contribution in [0.25, 0.3) is 0 Å². The SMILES string of the molecule is CCCCCCCCC1CCC(COc2ccc(C#N)cc2F)CC1. The average molecular weight is 346 g/mol. The summed E-state index contributed by atoms with van der Waals surface area (Å²) in [6.45, 7) is 2.85. The Kier molecular flexibility index (Phi) is 8.80. The third kappa shape index (κ3) is 7.06. The zero-order valence-corrected chi connectivity index (χ0v) is 15.6. The van der Waals surface area contributed by atoms with Crippen molar-refractivity contribution in [1.29, 1.82) is 5.26 Å². The molecule has 1 aromatic carbocycles. The monoisotopic (exact) mass is 345 g/mol. The molecule has 0 aromatic heterocycles. The molecule has 0 bridgehead atoms. The highest BCUT2D eigenvalue weighted by atomic mass is 19.1. The minimum absolute atomic E-state index is 0.271. The molecule has 2 rings (SSSR count). The fourth-order valence-electron chi connectivity index (χ4n) is 3.80. The summed E-state index contributed by atoms with van der Waals surface area (Å²) in [4.78, 5) is 0. The second-order valence-corrected chi connectivity index (χ2v) is 7.51. The van der Waals surface area contributed by atoms with Crippen LogP contribution in [0.15, 0.2) is 18.2 Å². The Morgan fingerprint density at radius 2 is 1.72 bits per heavy atom. The molecule has 0 radical (unpaired) electrons. The molecule has 3 heteroatoms. The number of ether oxygens (including phenoxy) is 1. The molecule has 138 valence electrons. The second-order valence-electron chi connectivity index (χ2n) is 7.51. The van der Waals surface area contributed by atoms with Gasteiger partial charge in [-0.2, -0.15) is 5.26 Å². The van der Waals surface area contributed by atoms with Gasteiger partial charge in [-0.25, -0.2) is 4.39 Å². The number of rotatable bonds is 10. The number of hydrogen-bond acceptors (Lipinski definition) is 2.